The van der Waals surface area contributed by atoms with Gasteiger partial charge in [0.1, 0.15) is 5.75 Å². The van der Waals surface area contributed by atoms with E-state index in [4.69, 9.17) is 16.3 Å². The molecule has 2 aromatic rings. The number of hydrogen-bond donors (Lipinski definition) is 2. The molecule has 0 radical (unpaired) electrons. The Morgan fingerprint density at radius 2 is 1.96 bits per heavy atom. The van der Waals surface area contributed by atoms with E-state index in [9.17, 15) is 9.59 Å². The van der Waals surface area contributed by atoms with E-state index in [1.54, 1.807) is 24.3 Å². The van der Waals surface area contributed by atoms with E-state index in [2.05, 4.69) is 31.8 Å². The lowest BCUT2D eigenvalue weighted by atomic mass is 10.2. The van der Waals surface area contributed by atoms with Crippen LogP contribution in [0.5, 0.6) is 5.75 Å². The third kappa shape index (κ3) is 7.40. The van der Waals surface area contributed by atoms with Crippen LogP contribution in [0.4, 0.5) is 5.69 Å². The molecule has 0 aliphatic carbocycles. The Bertz CT molecular complexity index is 843. The predicted molar refractivity (Wildman–Crippen MR) is 110 cm³/mol. The number of carbonyl (C=O) groups is 2. The fourth-order valence-corrected chi connectivity index (χ4v) is 2.82. The highest BCUT2D eigenvalue weighted by Crippen LogP contribution is 2.25. The summed E-state index contributed by atoms with van der Waals surface area (Å²) in [6.07, 6.45) is 1.59. The molecule has 0 heterocycles. The third-order valence-corrected chi connectivity index (χ3v) is 4.20. The lowest BCUT2D eigenvalue weighted by Crippen LogP contribution is -2.20. The van der Waals surface area contributed by atoms with Crippen LogP contribution >= 0.6 is 27.5 Å². The summed E-state index contributed by atoms with van der Waals surface area (Å²) in [4.78, 5) is 23.7. The molecule has 2 N–H and O–H groups in total. The van der Waals surface area contributed by atoms with Gasteiger partial charge in [-0.05, 0) is 64.8 Å². The summed E-state index contributed by atoms with van der Waals surface area (Å²) >= 11 is 9.27. The molecule has 0 unspecified atom stereocenters. The maximum absolute atomic E-state index is 11.9. The van der Waals surface area contributed by atoms with Gasteiger partial charge in [0.15, 0.2) is 0 Å². The molecule has 27 heavy (non-hydrogen) atoms. The molecule has 0 fully saturated rings. The van der Waals surface area contributed by atoms with Crippen LogP contribution < -0.4 is 15.5 Å². The molecule has 0 bridgehead atoms. The summed E-state index contributed by atoms with van der Waals surface area (Å²) in [7, 11) is 0. The van der Waals surface area contributed by atoms with Crippen molar-refractivity contribution in [3.63, 3.8) is 0 Å². The quantitative estimate of drug-likeness (QED) is 0.461. The average Bonchev–Trinajstić information content (AvgIpc) is 2.62. The van der Waals surface area contributed by atoms with Crippen LogP contribution in [0.25, 0.3) is 0 Å². The van der Waals surface area contributed by atoms with Gasteiger partial charge in [-0.2, -0.15) is 5.10 Å². The van der Waals surface area contributed by atoms with Crippen LogP contribution in [0.3, 0.4) is 0 Å². The number of nitrogens with one attached hydrogen (secondary N) is 2. The highest BCUT2D eigenvalue weighted by molar-refractivity contribution is 9.10. The molecule has 0 aliphatic heterocycles. The summed E-state index contributed by atoms with van der Waals surface area (Å²) in [6, 6.07) is 12.3. The zero-order chi connectivity index (χ0) is 19.6. The van der Waals surface area contributed by atoms with E-state index >= 15 is 0 Å². The maximum Gasteiger partial charge on any atom is 0.240 e. The number of hydrazone groups is 1. The van der Waals surface area contributed by atoms with E-state index in [0.29, 0.717) is 17.3 Å². The molecular weight excluding hydrogens is 434 g/mol. The van der Waals surface area contributed by atoms with E-state index in [1.807, 2.05) is 25.1 Å². The van der Waals surface area contributed by atoms with Crippen molar-refractivity contribution in [1.82, 2.24) is 5.43 Å². The largest absolute Gasteiger partial charge is 0.493 e. The number of nitrogens with zero attached hydrogens (tertiary/aromatic N) is 1. The predicted octanol–water partition coefficient (Wildman–Crippen LogP) is 4.37. The van der Waals surface area contributed by atoms with Crippen molar-refractivity contribution >= 4 is 51.2 Å². The molecule has 0 atom stereocenters. The topological polar surface area (TPSA) is 79.8 Å². The van der Waals surface area contributed by atoms with Crippen LogP contribution in [0.1, 0.15) is 25.3 Å². The van der Waals surface area contributed by atoms with Crippen molar-refractivity contribution in [1.29, 1.82) is 0 Å². The van der Waals surface area contributed by atoms with Crippen molar-refractivity contribution < 1.29 is 14.3 Å². The zero-order valence-electron chi connectivity index (χ0n) is 14.7. The Balaban J connectivity index is 1.76. The smallest absolute Gasteiger partial charge is 0.240 e. The molecule has 6 nitrogen and oxygen atoms in total. The van der Waals surface area contributed by atoms with Gasteiger partial charge in [0.05, 0.1) is 17.3 Å². The molecule has 8 heteroatoms. The number of anilines is 1. The second kappa shape index (κ2) is 10.7. The number of halogens is 2. The summed E-state index contributed by atoms with van der Waals surface area (Å²) in [5.41, 5.74) is 3.79. The molecule has 0 saturated carbocycles. The minimum atomic E-state index is -0.350. The lowest BCUT2D eigenvalue weighted by molar-refractivity contribution is -0.124. The monoisotopic (exact) mass is 451 g/mol. The first kappa shape index (κ1) is 20.9. The van der Waals surface area contributed by atoms with E-state index in [-0.39, 0.29) is 24.7 Å². The summed E-state index contributed by atoms with van der Waals surface area (Å²) in [5.74, 6) is 0.119. The van der Waals surface area contributed by atoms with Crippen LogP contribution in [0, 0.1) is 0 Å². The van der Waals surface area contributed by atoms with E-state index in [1.165, 1.54) is 6.21 Å². The van der Waals surface area contributed by atoms with Crippen molar-refractivity contribution in [2.75, 3.05) is 11.9 Å². The number of rotatable bonds is 8. The Hall–Kier alpha value is -2.38. The molecule has 142 valence electrons. The van der Waals surface area contributed by atoms with Gasteiger partial charge in [-0.3, -0.25) is 9.59 Å². The number of amides is 2. The number of carbonyl (C=O) groups excluding carboxylic acids is 2. The minimum absolute atomic E-state index is 0.0245. The standard InChI is InChI=1S/C19H19BrClN3O3/c1-2-27-17-7-6-13(10-16(17)20)12-22-24-19(26)9-8-18(25)23-15-5-3-4-14(21)11-15/h3-7,10-12H,2,8-9H2,1H3,(H,23,25)(H,24,26). The summed E-state index contributed by atoms with van der Waals surface area (Å²) in [6.45, 7) is 2.49. The van der Waals surface area contributed by atoms with Crippen molar-refractivity contribution in [2.24, 2.45) is 5.10 Å². The first-order valence-electron chi connectivity index (χ1n) is 8.27. The number of hydrogen-bond acceptors (Lipinski definition) is 4. The molecule has 0 aliphatic rings. The molecule has 2 rings (SSSR count). The third-order valence-electron chi connectivity index (χ3n) is 3.35. The Kier molecular flexibility index (Phi) is 8.29. The molecule has 0 saturated heterocycles. The second-order valence-electron chi connectivity index (χ2n) is 5.47. The Morgan fingerprint density at radius 3 is 2.67 bits per heavy atom. The number of ether oxygens (including phenoxy) is 1. The van der Waals surface area contributed by atoms with Gasteiger partial charge >= 0.3 is 0 Å². The van der Waals surface area contributed by atoms with Crippen LogP contribution in [-0.4, -0.2) is 24.6 Å². The van der Waals surface area contributed by atoms with Gasteiger partial charge in [0, 0.05) is 23.6 Å². The van der Waals surface area contributed by atoms with Gasteiger partial charge in [0.2, 0.25) is 11.8 Å². The molecule has 0 spiro atoms. The van der Waals surface area contributed by atoms with Crippen LogP contribution in [0.15, 0.2) is 52.0 Å². The molecular formula is C19H19BrClN3O3. The molecule has 2 aromatic carbocycles. The lowest BCUT2D eigenvalue weighted by Gasteiger charge is -2.06. The van der Waals surface area contributed by atoms with Gasteiger partial charge in [-0.1, -0.05) is 17.7 Å². The van der Waals surface area contributed by atoms with Gasteiger partial charge < -0.3 is 10.1 Å². The zero-order valence-corrected chi connectivity index (χ0v) is 17.0. The van der Waals surface area contributed by atoms with Crippen molar-refractivity contribution in [3.8, 4) is 5.75 Å². The minimum Gasteiger partial charge on any atom is -0.493 e. The van der Waals surface area contributed by atoms with E-state index < -0.39 is 0 Å². The maximum atomic E-state index is 11.9. The first-order valence-corrected chi connectivity index (χ1v) is 9.44. The number of benzene rings is 2. The highest BCUT2D eigenvalue weighted by atomic mass is 79.9. The van der Waals surface area contributed by atoms with Crippen LogP contribution in [0.2, 0.25) is 5.02 Å². The Labute approximate surface area is 171 Å². The van der Waals surface area contributed by atoms with Gasteiger partial charge in [0.25, 0.3) is 0 Å². The second-order valence-corrected chi connectivity index (χ2v) is 6.77. The van der Waals surface area contributed by atoms with Crippen molar-refractivity contribution in [2.45, 2.75) is 19.8 Å². The SMILES string of the molecule is CCOc1ccc(C=NNC(=O)CCC(=O)Nc2cccc(Cl)c2)cc1Br. The average molecular weight is 453 g/mol. The normalized spacial score (nSPS) is 10.6. The first-order chi connectivity index (χ1) is 13.0. The fourth-order valence-electron chi connectivity index (χ4n) is 2.12. The van der Waals surface area contributed by atoms with E-state index in [0.717, 1.165) is 15.8 Å². The molecule has 0 aromatic heterocycles. The fraction of sp³-hybridized carbons (Fsp3) is 0.211. The van der Waals surface area contributed by atoms with Crippen molar-refractivity contribution in [3.05, 3.63) is 57.5 Å². The van der Waals surface area contributed by atoms with Gasteiger partial charge in [-0.25, -0.2) is 5.43 Å². The highest BCUT2D eigenvalue weighted by Gasteiger charge is 2.07. The molecule has 2 amide bonds. The summed E-state index contributed by atoms with van der Waals surface area (Å²) < 4.78 is 6.23. The summed E-state index contributed by atoms with van der Waals surface area (Å²) in [5, 5.41) is 7.11. The van der Waals surface area contributed by atoms with Gasteiger partial charge in [-0.15, -0.1) is 0 Å². The van der Waals surface area contributed by atoms with Crippen LogP contribution in [-0.2, 0) is 9.59 Å². The Morgan fingerprint density at radius 1 is 1.19 bits per heavy atom.